The molecule has 4 nitrogen and oxygen atoms in total. The topological polar surface area (TPSA) is 39.9 Å². The second-order valence-electron chi connectivity index (χ2n) is 8.32. The monoisotopic (exact) mass is 353 g/mol. The Morgan fingerprint density at radius 2 is 1.96 bits per heavy atom. The number of nitrogens with zero attached hydrogens (tertiary/aromatic N) is 3. The average molecular weight is 354 g/mol. The quantitative estimate of drug-likeness (QED) is 0.713. The minimum absolute atomic E-state index is 0.120. The first-order chi connectivity index (χ1) is 12.7. The first-order valence-corrected chi connectivity index (χ1v) is 10.2. The smallest absolute Gasteiger partial charge is 0.108 e. The largest absolute Gasteiger partial charge is 0.375 e. The van der Waals surface area contributed by atoms with Crippen molar-refractivity contribution in [3.8, 4) is 0 Å². The summed E-state index contributed by atoms with van der Waals surface area (Å²) in [5.74, 6) is 1.19. The lowest BCUT2D eigenvalue weighted by atomic mass is 9.67. The van der Waals surface area contributed by atoms with Gasteiger partial charge in [0.1, 0.15) is 5.82 Å². The van der Waals surface area contributed by atoms with E-state index in [1.54, 1.807) is 0 Å². The molecule has 0 N–H and O–H groups in total. The Kier molecular flexibility index (Phi) is 5.12. The van der Waals surface area contributed by atoms with E-state index >= 15 is 0 Å². The van der Waals surface area contributed by atoms with Gasteiger partial charge in [0.25, 0.3) is 0 Å². The van der Waals surface area contributed by atoms with E-state index in [1.165, 1.54) is 56.5 Å². The third-order valence-electron chi connectivity index (χ3n) is 6.60. The molecule has 1 saturated carbocycles. The number of imidazole rings is 1. The Balaban J connectivity index is 1.47. The van der Waals surface area contributed by atoms with Crippen LogP contribution in [0.1, 0.15) is 69.3 Å². The minimum atomic E-state index is 0.120. The van der Waals surface area contributed by atoms with E-state index < -0.39 is 0 Å². The van der Waals surface area contributed by atoms with Crippen LogP contribution in [-0.2, 0) is 23.6 Å². The molecule has 0 aromatic carbocycles. The Bertz CT molecular complexity index is 705. The molecule has 4 rings (SSSR count). The van der Waals surface area contributed by atoms with Gasteiger partial charge in [-0.25, -0.2) is 4.98 Å². The third kappa shape index (κ3) is 3.57. The van der Waals surface area contributed by atoms with Crippen molar-refractivity contribution in [1.82, 2.24) is 14.5 Å². The van der Waals surface area contributed by atoms with Gasteiger partial charge in [0.15, 0.2) is 0 Å². The second kappa shape index (κ2) is 7.51. The maximum atomic E-state index is 6.34. The molecule has 0 bridgehead atoms. The second-order valence-corrected chi connectivity index (χ2v) is 8.32. The van der Waals surface area contributed by atoms with Crippen LogP contribution in [0, 0.1) is 0 Å². The highest BCUT2D eigenvalue weighted by atomic mass is 16.5. The molecule has 1 aliphatic carbocycles. The summed E-state index contributed by atoms with van der Waals surface area (Å²) >= 11 is 0. The highest BCUT2D eigenvalue weighted by molar-refractivity contribution is 5.20. The summed E-state index contributed by atoms with van der Waals surface area (Å²) in [6.07, 6.45) is 17.9. The zero-order valence-corrected chi connectivity index (χ0v) is 16.0. The molecule has 1 atom stereocenters. The SMILES string of the molecule is Cn1ccnc1CCCC[C@@]1(c2ccccn2)CCOC2(CCCC2)C1. The number of aromatic nitrogens is 3. The van der Waals surface area contributed by atoms with Gasteiger partial charge in [-0.15, -0.1) is 0 Å². The van der Waals surface area contributed by atoms with Crippen LogP contribution in [0.15, 0.2) is 36.8 Å². The maximum Gasteiger partial charge on any atom is 0.108 e. The van der Waals surface area contributed by atoms with Crippen LogP contribution in [0.4, 0.5) is 0 Å². The van der Waals surface area contributed by atoms with Crippen molar-refractivity contribution in [2.45, 2.75) is 75.2 Å². The van der Waals surface area contributed by atoms with Gasteiger partial charge in [-0.3, -0.25) is 4.98 Å². The van der Waals surface area contributed by atoms with Gasteiger partial charge in [-0.2, -0.15) is 0 Å². The van der Waals surface area contributed by atoms with Gasteiger partial charge < -0.3 is 9.30 Å². The van der Waals surface area contributed by atoms with E-state index in [9.17, 15) is 0 Å². The first kappa shape index (κ1) is 17.7. The van der Waals surface area contributed by atoms with E-state index in [0.29, 0.717) is 0 Å². The van der Waals surface area contributed by atoms with Crippen molar-refractivity contribution >= 4 is 0 Å². The number of unbranched alkanes of at least 4 members (excludes halogenated alkanes) is 1. The molecule has 26 heavy (non-hydrogen) atoms. The third-order valence-corrected chi connectivity index (χ3v) is 6.60. The molecule has 2 fully saturated rings. The van der Waals surface area contributed by atoms with Crippen LogP contribution >= 0.6 is 0 Å². The minimum Gasteiger partial charge on any atom is -0.375 e. The number of hydrogen-bond acceptors (Lipinski definition) is 3. The molecule has 0 amide bonds. The lowest BCUT2D eigenvalue weighted by Crippen LogP contribution is -2.46. The first-order valence-electron chi connectivity index (χ1n) is 10.2. The van der Waals surface area contributed by atoms with Crippen LogP contribution in [0.25, 0.3) is 0 Å². The molecule has 1 spiro atoms. The maximum absolute atomic E-state index is 6.34. The van der Waals surface area contributed by atoms with Gasteiger partial charge in [-0.05, 0) is 50.7 Å². The molecular formula is C22H31N3O. The van der Waals surface area contributed by atoms with Gasteiger partial charge in [0.05, 0.1) is 5.60 Å². The van der Waals surface area contributed by atoms with E-state index in [0.717, 1.165) is 25.9 Å². The standard InChI is InChI=1S/C22H31N3O/c1-25-16-15-24-20(25)9-2-4-10-21(19-8-3-7-14-23-19)13-17-26-22(18-21)11-5-6-12-22/h3,7-8,14-16H,2,4-6,9-13,17-18H2,1H3/t21-/m1/s1. The summed E-state index contributed by atoms with van der Waals surface area (Å²) in [4.78, 5) is 9.26. The van der Waals surface area contributed by atoms with Gasteiger partial charge >= 0.3 is 0 Å². The molecule has 0 radical (unpaired) electrons. The number of ether oxygens (including phenoxy) is 1. The van der Waals surface area contributed by atoms with E-state index in [1.807, 2.05) is 24.7 Å². The van der Waals surface area contributed by atoms with Crippen molar-refractivity contribution < 1.29 is 4.74 Å². The lowest BCUT2D eigenvalue weighted by molar-refractivity contribution is -0.104. The summed E-state index contributed by atoms with van der Waals surface area (Å²) in [5.41, 5.74) is 1.59. The van der Waals surface area contributed by atoms with Crippen LogP contribution in [0.2, 0.25) is 0 Å². The Morgan fingerprint density at radius 1 is 1.08 bits per heavy atom. The van der Waals surface area contributed by atoms with Gasteiger partial charge in [-0.1, -0.05) is 25.3 Å². The molecule has 3 heterocycles. The highest BCUT2D eigenvalue weighted by Gasteiger charge is 2.48. The summed E-state index contributed by atoms with van der Waals surface area (Å²) in [6.45, 7) is 0.885. The molecular weight excluding hydrogens is 322 g/mol. The molecule has 0 unspecified atom stereocenters. The molecule has 2 aromatic heterocycles. The summed E-state index contributed by atoms with van der Waals surface area (Å²) in [6, 6.07) is 6.42. The van der Waals surface area contributed by atoms with E-state index in [4.69, 9.17) is 9.72 Å². The molecule has 140 valence electrons. The Labute approximate surface area is 157 Å². The molecule has 1 aliphatic heterocycles. The lowest BCUT2D eigenvalue weighted by Gasteiger charge is -2.46. The summed E-state index contributed by atoms with van der Waals surface area (Å²) < 4.78 is 8.48. The summed E-state index contributed by atoms with van der Waals surface area (Å²) in [5, 5.41) is 0. The number of rotatable bonds is 6. The number of pyridine rings is 1. The Morgan fingerprint density at radius 3 is 2.69 bits per heavy atom. The predicted molar refractivity (Wildman–Crippen MR) is 103 cm³/mol. The normalized spacial score (nSPS) is 25.0. The fourth-order valence-electron chi connectivity index (χ4n) is 5.18. The molecule has 4 heteroatoms. The van der Waals surface area contributed by atoms with Crippen LogP contribution < -0.4 is 0 Å². The van der Waals surface area contributed by atoms with E-state index in [2.05, 4.69) is 28.7 Å². The zero-order valence-electron chi connectivity index (χ0n) is 16.0. The average Bonchev–Trinajstić information content (AvgIpc) is 3.29. The molecule has 1 saturated heterocycles. The van der Waals surface area contributed by atoms with Crippen LogP contribution in [0.3, 0.4) is 0 Å². The van der Waals surface area contributed by atoms with Crippen molar-refractivity contribution in [2.24, 2.45) is 7.05 Å². The molecule has 2 aromatic rings. The van der Waals surface area contributed by atoms with Gasteiger partial charge in [0.2, 0.25) is 0 Å². The molecule has 2 aliphatic rings. The summed E-state index contributed by atoms with van der Waals surface area (Å²) in [7, 11) is 2.08. The van der Waals surface area contributed by atoms with Crippen LogP contribution in [-0.4, -0.2) is 26.7 Å². The van der Waals surface area contributed by atoms with Crippen molar-refractivity contribution in [3.05, 3.63) is 48.3 Å². The highest BCUT2D eigenvalue weighted by Crippen LogP contribution is 2.50. The zero-order chi connectivity index (χ0) is 17.9. The number of aryl methyl sites for hydroxylation is 2. The van der Waals surface area contributed by atoms with Crippen molar-refractivity contribution in [1.29, 1.82) is 0 Å². The number of hydrogen-bond donors (Lipinski definition) is 0. The van der Waals surface area contributed by atoms with Crippen LogP contribution in [0.5, 0.6) is 0 Å². The van der Waals surface area contributed by atoms with Crippen molar-refractivity contribution in [2.75, 3.05) is 6.61 Å². The van der Waals surface area contributed by atoms with Gasteiger partial charge in [0, 0.05) is 49.8 Å². The predicted octanol–water partition coefficient (Wildman–Crippen LogP) is 4.59. The fraction of sp³-hybridized carbons (Fsp3) is 0.636. The van der Waals surface area contributed by atoms with E-state index in [-0.39, 0.29) is 11.0 Å². The fourth-order valence-corrected chi connectivity index (χ4v) is 5.18. The Hall–Kier alpha value is -1.68. The van der Waals surface area contributed by atoms with Crippen molar-refractivity contribution in [3.63, 3.8) is 0 Å².